The number of halogens is 1. The largest absolute Gasteiger partial charge is 0.288 e. The molecule has 0 N–H and O–H groups in total. The second-order valence-corrected chi connectivity index (χ2v) is 4.77. The number of aromatic nitrogens is 1. The van der Waals surface area contributed by atoms with Gasteiger partial charge in [-0.1, -0.05) is 17.7 Å². The van der Waals surface area contributed by atoms with Crippen LogP contribution in [-0.2, 0) is 0 Å². The van der Waals surface area contributed by atoms with Crippen LogP contribution in [0.3, 0.4) is 0 Å². The number of ketones is 1. The van der Waals surface area contributed by atoms with Crippen LogP contribution in [0.2, 0.25) is 4.34 Å². The quantitative estimate of drug-likeness (QED) is 0.613. The van der Waals surface area contributed by atoms with Gasteiger partial charge in [-0.3, -0.25) is 9.78 Å². The molecular formula is C12H8ClNOS. The van der Waals surface area contributed by atoms with Crippen LogP contribution in [0.1, 0.15) is 15.4 Å². The molecule has 2 aromatic heterocycles. The minimum Gasteiger partial charge on any atom is -0.288 e. The molecule has 0 aromatic carbocycles. The molecule has 0 unspecified atom stereocenters. The fraction of sp³-hybridized carbons (Fsp3) is 0. The van der Waals surface area contributed by atoms with Gasteiger partial charge < -0.3 is 0 Å². The molecule has 0 fully saturated rings. The summed E-state index contributed by atoms with van der Waals surface area (Å²) >= 11 is 7.03. The molecule has 16 heavy (non-hydrogen) atoms. The zero-order valence-electron chi connectivity index (χ0n) is 8.26. The number of nitrogens with zero attached hydrogens (tertiary/aromatic N) is 1. The van der Waals surface area contributed by atoms with Crippen molar-refractivity contribution in [3.63, 3.8) is 0 Å². The van der Waals surface area contributed by atoms with Crippen LogP contribution < -0.4 is 0 Å². The number of pyridine rings is 1. The summed E-state index contributed by atoms with van der Waals surface area (Å²) in [5, 5.41) is 0. The topological polar surface area (TPSA) is 30.0 Å². The van der Waals surface area contributed by atoms with Crippen LogP contribution in [-0.4, -0.2) is 10.8 Å². The summed E-state index contributed by atoms with van der Waals surface area (Å²) in [6.45, 7) is 0. The first-order chi connectivity index (χ1) is 7.75. The molecule has 0 aliphatic heterocycles. The minimum atomic E-state index is -0.0532. The Morgan fingerprint density at radius 2 is 2.19 bits per heavy atom. The Morgan fingerprint density at radius 3 is 2.81 bits per heavy atom. The fourth-order valence-corrected chi connectivity index (χ4v) is 2.13. The molecule has 2 nitrogen and oxygen atoms in total. The van der Waals surface area contributed by atoms with Crippen molar-refractivity contribution in [1.29, 1.82) is 0 Å². The molecule has 0 saturated heterocycles. The van der Waals surface area contributed by atoms with E-state index in [0.717, 1.165) is 5.69 Å². The summed E-state index contributed by atoms with van der Waals surface area (Å²) in [6, 6.07) is 8.98. The number of carbonyl (C=O) groups excluding carboxylic acids is 1. The number of hydrogen-bond acceptors (Lipinski definition) is 3. The molecule has 80 valence electrons. The summed E-state index contributed by atoms with van der Waals surface area (Å²) in [7, 11) is 0. The SMILES string of the molecule is O=C(/C=C/c1ccccn1)c1ccc(Cl)s1. The van der Waals surface area contributed by atoms with Crippen molar-refractivity contribution in [3.05, 3.63) is 57.5 Å². The van der Waals surface area contributed by atoms with Gasteiger partial charge in [-0.2, -0.15) is 0 Å². The van der Waals surface area contributed by atoms with Gasteiger partial charge in [-0.05, 0) is 36.4 Å². The van der Waals surface area contributed by atoms with Gasteiger partial charge in [-0.25, -0.2) is 0 Å². The molecule has 2 heterocycles. The van der Waals surface area contributed by atoms with E-state index >= 15 is 0 Å². The highest BCUT2D eigenvalue weighted by Gasteiger charge is 2.04. The number of rotatable bonds is 3. The zero-order chi connectivity index (χ0) is 11.4. The van der Waals surface area contributed by atoms with E-state index in [1.807, 2.05) is 18.2 Å². The predicted molar refractivity (Wildman–Crippen MR) is 66.9 cm³/mol. The highest BCUT2D eigenvalue weighted by Crippen LogP contribution is 2.22. The standard InChI is InChI=1S/C12H8ClNOS/c13-12-7-6-11(16-12)10(15)5-4-9-3-1-2-8-14-9/h1-8H/b5-4+. The van der Waals surface area contributed by atoms with E-state index in [2.05, 4.69) is 4.98 Å². The lowest BCUT2D eigenvalue weighted by Gasteiger charge is -1.90. The molecule has 0 aliphatic rings. The Balaban J connectivity index is 2.11. The maximum absolute atomic E-state index is 11.7. The van der Waals surface area contributed by atoms with E-state index in [4.69, 9.17) is 11.6 Å². The third-order valence-electron chi connectivity index (χ3n) is 1.91. The number of thiophene rings is 1. The van der Waals surface area contributed by atoms with E-state index in [9.17, 15) is 4.79 Å². The molecular weight excluding hydrogens is 242 g/mol. The molecule has 0 amide bonds. The second-order valence-electron chi connectivity index (χ2n) is 3.06. The Labute approximate surface area is 102 Å². The summed E-state index contributed by atoms with van der Waals surface area (Å²) < 4.78 is 0.620. The van der Waals surface area contributed by atoms with Crippen LogP contribution in [0.5, 0.6) is 0 Å². The first-order valence-electron chi connectivity index (χ1n) is 4.64. The summed E-state index contributed by atoms with van der Waals surface area (Å²) in [5.41, 5.74) is 0.763. The van der Waals surface area contributed by atoms with Gasteiger partial charge in [0, 0.05) is 6.20 Å². The van der Waals surface area contributed by atoms with Crippen molar-refractivity contribution >= 4 is 34.8 Å². The zero-order valence-corrected chi connectivity index (χ0v) is 9.83. The maximum Gasteiger partial charge on any atom is 0.195 e. The Bertz CT molecular complexity index is 519. The highest BCUT2D eigenvalue weighted by molar-refractivity contribution is 7.18. The molecule has 0 saturated carbocycles. The minimum absolute atomic E-state index is 0.0532. The fourth-order valence-electron chi connectivity index (χ4n) is 1.16. The van der Waals surface area contributed by atoms with Gasteiger partial charge in [0.2, 0.25) is 0 Å². The van der Waals surface area contributed by atoms with Gasteiger partial charge in [0.25, 0.3) is 0 Å². The first kappa shape index (κ1) is 11.0. The van der Waals surface area contributed by atoms with E-state index in [1.54, 1.807) is 24.4 Å². The average Bonchev–Trinajstić information content (AvgIpc) is 2.74. The third kappa shape index (κ3) is 2.78. The lowest BCUT2D eigenvalue weighted by Crippen LogP contribution is -1.89. The molecule has 2 aromatic rings. The van der Waals surface area contributed by atoms with E-state index in [-0.39, 0.29) is 5.78 Å². The summed E-state index contributed by atoms with van der Waals surface area (Å²) in [5.74, 6) is -0.0532. The Hall–Kier alpha value is -1.45. The monoisotopic (exact) mass is 249 g/mol. The molecule has 0 spiro atoms. The van der Waals surface area contributed by atoms with Crippen molar-refractivity contribution in [1.82, 2.24) is 4.98 Å². The Morgan fingerprint density at radius 1 is 1.31 bits per heavy atom. The van der Waals surface area contributed by atoms with Crippen molar-refractivity contribution < 1.29 is 4.79 Å². The van der Waals surface area contributed by atoms with Gasteiger partial charge in [-0.15, -0.1) is 11.3 Å². The van der Waals surface area contributed by atoms with Crippen molar-refractivity contribution in [2.45, 2.75) is 0 Å². The van der Waals surface area contributed by atoms with Gasteiger partial charge in [0.1, 0.15) is 0 Å². The normalized spacial score (nSPS) is 10.8. The third-order valence-corrected chi connectivity index (χ3v) is 3.16. The van der Waals surface area contributed by atoms with Gasteiger partial charge >= 0.3 is 0 Å². The molecule has 0 atom stereocenters. The average molecular weight is 250 g/mol. The molecule has 0 radical (unpaired) electrons. The van der Waals surface area contributed by atoms with Crippen LogP contribution in [0, 0.1) is 0 Å². The van der Waals surface area contributed by atoms with Crippen molar-refractivity contribution in [2.75, 3.05) is 0 Å². The summed E-state index contributed by atoms with van der Waals surface area (Å²) in [6.07, 6.45) is 4.88. The molecule has 4 heteroatoms. The smallest absolute Gasteiger partial charge is 0.195 e. The highest BCUT2D eigenvalue weighted by atomic mass is 35.5. The van der Waals surface area contributed by atoms with Gasteiger partial charge in [0.15, 0.2) is 5.78 Å². The van der Waals surface area contributed by atoms with E-state index in [0.29, 0.717) is 9.21 Å². The Kier molecular flexibility index (Phi) is 3.49. The van der Waals surface area contributed by atoms with Crippen LogP contribution in [0.25, 0.3) is 6.08 Å². The van der Waals surface area contributed by atoms with Gasteiger partial charge in [0.05, 0.1) is 14.9 Å². The van der Waals surface area contributed by atoms with Crippen LogP contribution in [0.4, 0.5) is 0 Å². The lowest BCUT2D eigenvalue weighted by atomic mass is 10.2. The lowest BCUT2D eigenvalue weighted by molar-refractivity contribution is 0.105. The number of carbonyl (C=O) groups is 1. The van der Waals surface area contributed by atoms with Crippen molar-refractivity contribution in [3.8, 4) is 0 Å². The van der Waals surface area contributed by atoms with E-state index in [1.165, 1.54) is 17.4 Å². The maximum atomic E-state index is 11.7. The first-order valence-corrected chi connectivity index (χ1v) is 5.84. The number of allylic oxidation sites excluding steroid dienone is 1. The van der Waals surface area contributed by atoms with E-state index < -0.39 is 0 Å². The molecule has 2 rings (SSSR count). The molecule has 0 bridgehead atoms. The summed E-state index contributed by atoms with van der Waals surface area (Å²) in [4.78, 5) is 16.4. The van der Waals surface area contributed by atoms with Crippen LogP contribution >= 0.6 is 22.9 Å². The van der Waals surface area contributed by atoms with Crippen LogP contribution in [0.15, 0.2) is 42.6 Å². The van der Waals surface area contributed by atoms with Crippen molar-refractivity contribution in [2.24, 2.45) is 0 Å². The predicted octanol–water partition coefficient (Wildman–Crippen LogP) is 3.69. The second kappa shape index (κ2) is 5.05. The number of hydrogen-bond donors (Lipinski definition) is 0. The molecule has 0 aliphatic carbocycles.